The van der Waals surface area contributed by atoms with Gasteiger partial charge in [-0.15, -0.1) is 5.10 Å². The third-order valence-corrected chi connectivity index (χ3v) is 5.27. The van der Waals surface area contributed by atoms with Gasteiger partial charge in [0, 0.05) is 5.41 Å². The number of tetrazole rings is 1. The summed E-state index contributed by atoms with van der Waals surface area (Å²) < 4.78 is 1.61. The lowest BCUT2D eigenvalue weighted by Gasteiger charge is -2.36. The first kappa shape index (κ1) is 17.3. The van der Waals surface area contributed by atoms with E-state index in [2.05, 4.69) is 15.5 Å². The van der Waals surface area contributed by atoms with E-state index < -0.39 is 17.8 Å². The normalized spacial score (nSPS) is 18.4. The van der Waals surface area contributed by atoms with Gasteiger partial charge in [-0.05, 0) is 35.4 Å². The molecule has 1 aromatic carbocycles. The maximum absolute atomic E-state index is 12.6. The van der Waals surface area contributed by atoms with Crippen molar-refractivity contribution in [3.63, 3.8) is 0 Å². The lowest BCUT2D eigenvalue weighted by atomic mass is 9.72. The summed E-state index contributed by atoms with van der Waals surface area (Å²) in [6, 6.07) is 6.42. The molecule has 2 heterocycles. The number of rotatable bonds is 5. The summed E-state index contributed by atoms with van der Waals surface area (Å²) in [5.41, 5.74) is 0.149. The molecule has 1 fully saturated rings. The molecular weight excluding hydrogens is 350 g/mol. The molecule has 9 heteroatoms. The van der Waals surface area contributed by atoms with Crippen molar-refractivity contribution in [2.75, 3.05) is 0 Å². The summed E-state index contributed by atoms with van der Waals surface area (Å²) in [5, 5.41) is 11.8. The van der Waals surface area contributed by atoms with Gasteiger partial charge in [-0.25, -0.2) is 9.48 Å². The fraction of sp³-hybridized carbons (Fsp3) is 0.444. The third kappa shape index (κ3) is 3.32. The summed E-state index contributed by atoms with van der Waals surface area (Å²) in [6.07, 6.45) is 6.41. The third-order valence-electron chi connectivity index (χ3n) is 5.27. The van der Waals surface area contributed by atoms with Gasteiger partial charge in [0.2, 0.25) is 0 Å². The first-order valence-corrected chi connectivity index (χ1v) is 8.97. The van der Waals surface area contributed by atoms with Crippen LogP contribution in [-0.2, 0) is 16.2 Å². The average molecular weight is 369 g/mol. The molecule has 0 unspecified atom stereocenters. The number of fused-ring (bicyclic) bond motifs is 1. The van der Waals surface area contributed by atoms with Gasteiger partial charge in [-0.1, -0.05) is 36.5 Å². The fourth-order valence-corrected chi connectivity index (χ4v) is 3.98. The molecule has 0 atom stereocenters. The van der Waals surface area contributed by atoms with E-state index in [0.29, 0.717) is 11.6 Å². The number of benzene rings is 1. The Balaban J connectivity index is 1.47. The Bertz CT molecular complexity index is 839. The van der Waals surface area contributed by atoms with E-state index in [-0.39, 0.29) is 23.0 Å². The van der Waals surface area contributed by atoms with Crippen LogP contribution in [0.1, 0.15) is 59.2 Å². The van der Waals surface area contributed by atoms with E-state index in [9.17, 15) is 14.4 Å². The van der Waals surface area contributed by atoms with Gasteiger partial charge in [-0.2, -0.15) is 0 Å². The summed E-state index contributed by atoms with van der Waals surface area (Å²) in [6.45, 7) is 0.497. The van der Waals surface area contributed by atoms with Crippen molar-refractivity contribution in [1.29, 1.82) is 0 Å². The number of hydrogen-bond acceptors (Lipinski definition) is 7. The number of hydrogen-bond donors (Lipinski definition) is 0. The van der Waals surface area contributed by atoms with Crippen molar-refractivity contribution in [2.24, 2.45) is 5.41 Å². The molecule has 27 heavy (non-hydrogen) atoms. The molecule has 140 valence electrons. The largest absolute Gasteiger partial charge is 0.333 e. The topological polar surface area (TPSA) is 107 Å². The maximum Gasteiger partial charge on any atom is 0.333 e. The van der Waals surface area contributed by atoms with Crippen LogP contribution in [0.2, 0.25) is 0 Å². The van der Waals surface area contributed by atoms with Crippen molar-refractivity contribution >= 4 is 17.8 Å². The van der Waals surface area contributed by atoms with E-state index in [1.54, 1.807) is 28.9 Å². The molecule has 2 aromatic rings. The van der Waals surface area contributed by atoms with Gasteiger partial charge in [0.15, 0.2) is 0 Å². The summed E-state index contributed by atoms with van der Waals surface area (Å²) in [7, 11) is 0. The van der Waals surface area contributed by atoms with Gasteiger partial charge in [0.1, 0.15) is 6.33 Å². The molecule has 0 radical (unpaired) electrons. The summed E-state index contributed by atoms with van der Waals surface area (Å²) in [4.78, 5) is 42.6. The minimum absolute atomic E-state index is 0.0975. The lowest BCUT2D eigenvalue weighted by Crippen LogP contribution is -2.37. The van der Waals surface area contributed by atoms with Crippen LogP contribution in [0.4, 0.5) is 0 Å². The second-order valence-corrected chi connectivity index (χ2v) is 7.16. The molecule has 0 bridgehead atoms. The minimum Gasteiger partial charge on any atom is -0.330 e. The number of nitrogens with zero attached hydrogens (tertiary/aromatic N) is 5. The Labute approximate surface area is 155 Å². The monoisotopic (exact) mass is 369 g/mol. The Hall–Kier alpha value is -3.10. The Morgan fingerprint density at radius 3 is 2.33 bits per heavy atom. The molecule has 4 rings (SSSR count). The highest BCUT2D eigenvalue weighted by atomic mass is 16.7. The van der Waals surface area contributed by atoms with Crippen LogP contribution in [0.3, 0.4) is 0 Å². The van der Waals surface area contributed by atoms with Gasteiger partial charge >= 0.3 is 5.97 Å². The van der Waals surface area contributed by atoms with Crippen molar-refractivity contribution in [2.45, 2.75) is 45.1 Å². The zero-order valence-corrected chi connectivity index (χ0v) is 14.7. The number of amides is 2. The molecule has 0 N–H and O–H groups in total. The van der Waals surface area contributed by atoms with Crippen LogP contribution < -0.4 is 0 Å². The molecule has 0 saturated heterocycles. The summed E-state index contributed by atoms with van der Waals surface area (Å²) in [5.74, 6) is -1.82. The molecule has 2 aliphatic rings. The Morgan fingerprint density at radius 1 is 1.07 bits per heavy atom. The maximum atomic E-state index is 12.6. The first-order valence-electron chi connectivity index (χ1n) is 8.97. The predicted molar refractivity (Wildman–Crippen MR) is 91.0 cm³/mol. The first-order chi connectivity index (χ1) is 13.1. The lowest BCUT2D eigenvalue weighted by molar-refractivity contribution is -0.172. The highest BCUT2D eigenvalue weighted by Crippen LogP contribution is 2.41. The fourth-order valence-electron chi connectivity index (χ4n) is 3.98. The summed E-state index contributed by atoms with van der Waals surface area (Å²) >= 11 is 0. The number of imide groups is 1. The quantitative estimate of drug-likeness (QED) is 0.739. The number of hydroxylamine groups is 2. The standard InChI is InChI=1S/C18H19N5O4/c24-15(27-23-16(25)13-6-2-3-7-14(13)17(23)26)10-18(8-4-1-5-9-18)11-22-12-19-20-21-22/h2-3,6-7,12H,1,4-5,8-11H2. The van der Waals surface area contributed by atoms with E-state index in [1.165, 1.54) is 6.33 Å². The molecule has 1 saturated carbocycles. The van der Waals surface area contributed by atoms with Crippen LogP contribution >= 0.6 is 0 Å². The van der Waals surface area contributed by atoms with Crippen molar-refractivity contribution in [3.05, 3.63) is 41.7 Å². The molecule has 2 amide bonds. The molecular formula is C18H19N5O4. The van der Waals surface area contributed by atoms with E-state index in [4.69, 9.17) is 4.84 Å². The Kier molecular flexibility index (Phi) is 4.43. The zero-order valence-electron chi connectivity index (χ0n) is 14.7. The van der Waals surface area contributed by atoms with Crippen molar-refractivity contribution in [1.82, 2.24) is 25.3 Å². The smallest absolute Gasteiger partial charge is 0.330 e. The van der Waals surface area contributed by atoms with Crippen molar-refractivity contribution < 1.29 is 19.2 Å². The van der Waals surface area contributed by atoms with Crippen LogP contribution in [0.5, 0.6) is 0 Å². The second kappa shape index (κ2) is 6.90. The highest BCUT2D eigenvalue weighted by Gasteiger charge is 2.41. The van der Waals surface area contributed by atoms with Crippen LogP contribution in [0, 0.1) is 5.41 Å². The highest BCUT2D eigenvalue weighted by molar-refractivity contribution is 6.20. The predicted octanol–water partition coefficient (Wildman–Crippen LogP) is 1.77. The number of carbonyl (C=O) groups is 3. The van der Waals surface area contributed by atoms with E-state index in [1.807, 2.05) is 0 Å². The van der Waals surface area contributed by atoms with E-state index in [0.717, 1.165) is 32.1 Å². The molecule has 1 aliphatic carbocycles. The van der Waals surface area contributed by atoms with Crippen LogP contribution in [0.25, 0.3) is 0 Å². The van der Waals surface area contributed by atoms with Gasteiger partial charge in [-0.3, -0.25) is 9.59 Å². The second-order valence-electron chi connectivity index (χ2n) is 7.16. The molecule has 1 aliphatic heterocycles. The van der Waals surface area contributed by atoms with E-state index >= 15 is 0 Å². The van der Waals surface area contributed by atoms with Gasteiger partial charge in [0.05, 0.1) is 24.1 Å². The Morgan fingerprint density at radius 2 is 1.74 bits per heavy atom. The zero-order chi connectivity index (χ0) is 18.9. The SMILES string of the molecule is O=C(CC1(Cn2cnnn2)CCCCC1)ON1C(=O)c2ccccc2C1=O. The van der Waals surface area contributed by atoms with Crippen LogP contribution in [-0.4, -0.2) is 43.1 Å². The van der Waals surface area contributed by atoms with Crippen LogP contribution in [0.15, 0.2) is 30.6 Å². The van der Waals surface area contributed by atoms with Gasteiger partial charge < -0.3 is 4.84 Å². The number of aromatic nitrogens is 4. The molecule has 1 aromatic heterocycles. The molecule has 9 nitrogen and oxygen atoms in total. The average Bonchev–Trinajstić information content (AvgIpc) is 3.25. The molecule has 0 spiro atoms. The van der Waals surface area contributed by atoms with Gasteiger partial charge in [0.25, 0.3) is 11.8 Å². The minimum atomic E-state index is -0.609. The van der Waals surface area contributed by atoms with Crippen molar-refractivity contribution in [3.8, 4) is 0 Å². The number of carbonyl (C=O) groups excluding carboxylic acids is 3.